The number of aryl methyl sites for hydroxylation is 1. The van der Waals surface area contributed by atoms with E-state index in [2.05, 4.69) is 150 Å². The van der Waals surface area contributed by atoms with Crippen molar-refractivity contribution in [1.82, 2.24) is 0 Å². The summed E-state index contributed by atoms with van der Waals surface area (Å²) in [5.41, 5.74) is 18.4. The third-order valence-corrected chi connectivity index (χ3v) is 11.7. The SMILES string of the molecule is CC1(C)CCC(C)(C)c2cc(N(c3ccccc3)c3cc4c(cc3-c3cccc5c3CCCC5)-c3ccccc3C4(C)C)ccc21. The first-order chi connectivity index (χ1) is 22.1. The minimum atomic E-state index is -0.0838. The number of hydrogen-bond acceptors (Lipinski definition) is 1. The lowest BCUT2D eigenvalue weighted by Gasteiger charge is -2.42. The molecule has 46 heavy (non-hydrogen) atoms. The fraction of sp³-hybridized carbons (Fsp3) is 0.333. The molecule has 1 nitrogen and oxygen atoms in total. The summed E-state index contributed by atoms with van der Waals surface area (Å²) in [4.78, 5) is 2.56. The fourth-order valence-electron chi connectivity index (χ4n) is 8.89. The average Bonchev–Trinajstić information content (AvgIpc) is 3.29. The molecule has 5 aromatic carbocycles. The third-order valence-electron chi connectivity index (χ3n) is 11.7. The zero-order valence-electron chi connectivity index (χ0n) is 28.5. The molecule has 0 aliphatic heterocycles. The summed E-state index contributed by atoms with van der Waals surface area (Å²) in [6.45, 7) is 14.5. The quantitative estimate of drug-likeness (QED) is 0.198. The van der Waals surface area contributed by atoms with Crippen LogP contribution in [0.25, 0.3) is 22.3 Å². The Hall–Kier alpha value is -4.10. The van der Waals surface area contributed by atoms with Crippen LogP contribution in [0.3, 0.4) is 0 Å². The van der Waals surface area contributed by atoms with Crippen LogP contribution in [-0.2, 0) is 29.1 Å². The second-order valence-corrected chi connectivity index (χ2v) is 15.9. The highest BCUT2D eigenvalue weighted by Crippen LogP contribution is 2.55. The van der Waals surface area contributed by atoms with Gasteiger partial charge in [-0.15, -0.1) is 0 Å². The van der Waals surface area contributed by atoms with Gasteiger partial charge in [0.25, 0.3) is 0 Å². The van der Waals surface area contributed by atoms with Gasteiger partial charge in [0.2, 0.25) is 0 Å². The van der Waals surface area contributed by atoms with Crippen molar-refractivity contribution >= 4 is 17.1 Å². The van der Waals surface area contributed by atoms with Gasteiger partial charge < -0.3 is 4.90 Å². The molecule has 3 aliphatic carbocycles. The molecule has 0 spiro atoms. The molecule has 5 aromatic rings. The monoisotopic (exact) mass is 601 g/mol. The molecule has 0 unspecified atom stereocenters. The average molecular weight is 602 g/mol. The van der Waals surface area contributed by atoms with Crippen molar-refractivity contribution in [2.75, 3.05) is 4.90 Å². The van der Waals surface area contributed by atoms with Gasteiger partial charge in [-0.05, 0) is 136 Å². The van der Waals surface area contributed by atoms with Crippen LogP contribution >= 0.6 is 0 Å². The minimum Gasteiger partial charge on any atom is -0.310 e. The van der Waals surface area contributed by atoms with Crippen molar-refractivity contribution < 1.29 is 0 Å². The molecule has 0 aromatic heterocycles. The van der Waals surface area contributed by atoms with E-state index in [0.29, 0.717) is 0 Å². The Morgan fingerprint density at radius 1 is 0.478 bits per heavy atom. The summed E-state index contributed by atoms with van der Waals surface area (Å²) in [5, 5.41) is 0. The predicted molar refractivity (Wildman–Crippen MR) is 196 cm³/mol. The van der Waals surface area contributed by atoms with Crippen LogP contribution in [0.4, 0.5) is 17.1 Å². The molecular weight excluding hydrogens is 555 g/mol. The lowest BCUT2D eigenvalue weighted by atomic mass is 9.63. The first-order valence-corrected chi connectivity index (χ1v) is 17.5. The third kappa shape index (κ3) is 4.49. The van der Waals surface area contributed by atoms with E-state index >= 15 is 0 Å². The first-order valence-electron chi connectivity index (χ1n) is 17.5. The van der Waals surface area contributed by atoms with E-state index in [1.165, 1.54) is 99.2 Å². The molecule has 0 heterocycles. The number of para-hydroxylation sites is 1. The molecular formula is C45H47N. The van der Waals surface area contributed by atoms with Crippen molar-refractivity contribution in [1.29, 1.82) is 0 Å². The molecule has 8 rings (SSSR count). The highest BCUT2D eigenvalue weighted by Gasteiger charge is 2.39. The molecule has 0 radical (unpaired) electrons. The molecule has 0 saturated carbocycles. The van der Waals surface area contributed by atoms with E-state index in [1.807, 2.05) is 0 Å². The van der Waals surface area contributed by atoms with Crippen LogP contribution in [0.15, 0.2) is 103 Å². The highest BCUT2D eigenvalue weighted by atomic mass is 15.1. The molecule has 0 atom stereocenters. The normalized spacial score (nSPS) is 18.2. The van der Waals surface area contributed by atoms with Gasteiger partial charge in [-0.1, -0.05) is 108 Å². The molecule has 0 fully saturated rings. The Balaban J connectivity index is 1.44. The standard InChI is InChI=1S/C45H47N/c1-43(2)25-26-44(3,4)41-27-32(23-24-39(41)43)46(31-17-8-7-9-18-31)42-29-40-36(35-20-12-13-22-38(35)45(40,5)6)28-37(42)34-21-14-16-30-15-10-11-19-33(30)34/h7-9,12-14,16-18,20-24,27-29H,10-11,15,19,25-26H2,1-6H3. The van der Waals surface area contributed by atoms with Gasteiger partial charge in [-0.2, -0.15) is 0 Å². The van der Waals surface area contributed by atoms with Gasteiger partial charge in [-0.25, -0.2) is 0 Å². The molecule has 0 saturated heterocycles. The van der Waals surface area contributed by atoms with Gasteiger partial charge in [0.1, 0.15) is 0 Å². The van der Waals surface area contributed by atoms with E-state index in [9.17, 15) is 0 Å². The molecule has 232 valence electrons. The number of anilines is 3. The summed E-state index contributed by atoms with van der Waals surface area (Å²) >= 11 is 0. The van der Waals surface area contributed by atoms with Gasteiger partial charge >= 0.3 is 0 Å². The number of nitrogens with zero attached hydrogens (tertiary/aromatic N) is 1. The van der Waals surface area contributed by atoms with E-state index in [-0.39, 0.29) is 16.2 Å². The van der Waals surface area contributed by atoms with Crippen LogP contribution in [-0.4, -0.2) is 0 Å². The van der Waals surface area contributed by atoms with Crippen molar-refractivity contribution in [2.45, 2.75) is 96.3 Å². The minimum absolute atomic E-state index is 0.0838. The topological polar surface area (TPSA) is 3.24 Å². The summed E-state index contributed by atoms with van der Waals surface area (Å²) in [6.07, 6.45) is 7.30. The predicted octanol–water partition coefficient (Wildman–Crippen LogP) is 12.4. The Morgan fingerprint density at radius 2 is 1.17 bits per heavy atom. The molecule has 0 N–H and O–H groups in total. The molecule has 0 bridgehead atoms. The summed E-state index contributed by atoms with van der Waals surface area (Å²) in [5.74, 6) is 0. The number of benzene rings is 5. The second kappa shape index (κ2) is 10.5. The Bertz CT molecular complexity index is 1970. The van der Waals surface area contributed by atoms with Crippen LogP contribution in [0, 0.1) is 0 Å². The summed E-state index contributed by atoms with van der Waals surface area (Å²) in [7, 11) is 0. The Kier molecular flexibility index (Phi) is 6.67. The van der Waals surface area contributed by atoms with Gasteiger partial charge in [0.05, 0.1) is 5.69 Å². The number of fused-ring (bicyclic) bond motifs is 5. The molecule has 1 heteroatoms. The largest absolute Gasteiger partial charge is 0.310 e. The van der Waals surface area contributed by atoms with Gasteiger partial charge in [0, 0.05) is 22.4 Å². The fourth-order valence-corrected chi connectivity index (χ4v) is 8.89. The maximum absolute atomic E-state index is 2.56. The maximum Gasteiger partial charge on any atom is 0.0543 e. The van der Waals surface area contributed by atoms with Crippen molar-refractivity contribution in [2.24, 2.45) is 0 Å². The molecule has 3 aliphatic rings. The van der Waals surface area contributed by atoms with E-state index < -0.39 is 0 Å². The van der Waals surface area contributed by atoms with Gasteiger partial charge in [0.15, 0.2) is 0 Å². The van der Waals surface area contributed by atoms with Crippen LogP contribution in [0.2, 0.25) is 0 Å². The number of rotatable bonds is 4. The lowest BCUT2D eigenvalue weighted by molar-refractivity contribution is 0.332. The highest BCUT2D eigenvalue weighted by molar-refractivity contribution is 5.95. The smallest absolute Gasteiger partial charge is 0.0543 e. The Morgan fingerprint density at radius 3 is 1.98 bits per heavy atom. The zero-order valence-corrected chi connectivity index (χ0v) is 28.5. The van der Waals surface area contributed by atoms with E-state index in [0.717, 1.165) is 6.42 Å². The second-order valence-electron chi connectivity index (χ2n) is 15.9. The van der Waals surface area contributed by atoms with Crippen molar-refractivity contribution in [3.63, 3.8) is 0 Å². The zero-order chi connectivity index (χ0) is 31.8. The lowest BCUT2D eigenvalue weighted by Crippen LogP contribution is -2.34. The van der Waals surface area contributed by atoms with Crippen molar-refractivity contribution in [3.8, 4) is 22.3 Å². The Labute approximate surface area is 276 Å². The van der Waals surface area contributed by atoms with Crippen LogP contribution in [0.5, 0.6) is 0 Å². The number of hydrogen-bond donors (Lipinski definition) is 0. The first kappa shape index (κ1) is 29.3. The molecule has 0 amide bonds. The summed E-state index contributed by atoms with van der Waals surface area (Å²) in [6, 6.07) is 39.7. The summed E-state index contributed by atoms with van der Waals surface area (Å²) < 4.78 is 0. The maximum atomic E-state index is 2.56. The van der Waals surface area contributed by atoms with Crippen LogP contribution in [0.1, 0.15) is 101 Å². The van der Waals surface area contributed by atoms with Crippen LogP contribution < -0.4 is 4.90 Å². The van der Waals surface area contributed by atoms with E-state index in [4.69, 9.17) is 0 Å². The van der Waals surface area contributed by atoms with E-state index in [1.54, 1.807) is 5.56 Å². The van der Waals surface area contributed by atoms with Gasteiger partial charge in [-0.3, -0.25) is 0 Å². The van der Waals surface area contributed by atoms with Crippen molar-refractivity contribution in [3.05, 3.63) is 137 Å².